The zero-order valence-electron chi connectivity index (χ0n) is 11.0. The molecule has 4 rings (SSSR count). The molecule has 0 radical (unpaired) electrons. The van der Waals surface area contributed by atoms with Gasteiger partial charge in [0, 0.05) is 18.7 Å². The standard InChI is InChI=1S/C14H16N2O4/c17-14(11-2-1-3-12(8-11)16(18)19)20-13-9-15-6-4-10(13)5-7-15/h1-3,8,10,13H,4-7,9H2/t13-/m1/s1. The number of nitro groups is 1. The summed E-state index contributed by atoms with van der Waals surface area (Å²) in [5.41, 5.74) is 0.156. The number of rotatable bonds is 3. The maximum absolute atomic E-state index is 12.1. The van der Waals surface area contributed by atoms with Gasteiger partial charge in [0.05, 0.1) is 10.5 Å². The summed E-state index contributed by atoms with van der Waals surface area (Å²) in [5, 5.41) is 10.7. The Morgan fingerprint density at radius 2 is 2.10 bits per heavy atom. The van der Waals surface area contributed by atoms with Crippen molar-refractivity contribution in [1.82, 2.24) is 4.90 Å². The Bertz CT molecular complexity index is 538. The number of esters is 1. The van der Waals surface area contributed by atoms with Gasteiger partial charge in [-0.15, -0.1) is 0 Å². The van der Waals surface area contributed by atoms with Crippen LogP contribution in [0.5, 0.6) is 0 Å². The van der Waals surface area contributed by atoms with Crippen molar-refractivity contribution in [2.75, 3.05) is 19.6 Å². The Kier molecular flexibility index (Phi) is 3.40. The van der Waals surface area contributed by atoms with Gasteiger partial charge in [0.1, 0.15) is 6.10 Å². The molecule has 1 aromatic carbocycles. The van der Waals surface area contributed by atoms with Crippen LogP contribution in [0.3, 0.4) is 0 Å². The first-order valence-corrected chi connectivity index (χ1v) is 6.81. The maximum atomic E-state index is 12.1. The molecule has 20 heavy (non-hydrogen) atoms. The number of piperidine rings is 3. The highest BCUT2D eigenvalue weighted by molar-refractivity contribution is 5.90. The molecular weight excluding hydrogens is 260 g/mol. The van der Waals surface area contributed by atoms with Crippen LogP contribution in [0.15, 0.2) is 24.3 Å². The van der Waals surface area contributed by atoms with Crippen LogP contribution in [-0.4, -0.2) is 41.5 Å². The zero-order chi connectivity index (χ0) is 14.1. The Hall–Kier alpha value is -1.95. The lowest BCUT2D eigenvalue weighted by Gasteiger charge is -2.43. The van der Waals surface area contributed by atoms with E-state index in [1.54, 1.807) is 6.07 Å². The van der Waals surface area contributed by atoms with Gasteiger partial charge in [-0.1, -0.05) is 6.07 Å². The summed E-state index contributed by atoms with van der Waals surface area (Å²) in [5.74, 6) is -0.0323. The van der Waals surface area contributed by atoms with E-state index in [0.29, 0.717) is 5.92 Å². The van der Waals surface area contributed by atoms with Gasteiger partial charge in [-0.05, 0) is 37.9 Å². The van der Waals surface area contributed by atoms with Crippen LogP contribution in [0.1, 0.15) is 23.2 Å². The van der Waals surface area contributed by atoms with Crippen LogP contribution in [0.25, 0.3) is 0 Å². The van der Waals surface area contributed by atoms with Crippen LogP contribution in [-0.2, 0) is 4.74 Å². The molecule has 0 aliphatic carbocycles. The fourth-order valence-corrected chi connectivity index (χ4v) is 3.00. The molecule has 0 unspecified atom stereocenters. The van der Waals surface area contributed by atoms with E-state index in [1.165, 1.54) is 18.2 Å². The van der Waals surface area contributed by atoms with Crippen molar-refractivity contribution in [3.8, 4) is 0 Å². The van der Waals surface area contributed by atoms with Gasteiger partial charge in [-0.25, -0.2) is 4.79 Å². The SMILES string of the molecule is O=C(O[C@@H]1CN2CCC1CC2)c1cccc([N+](=O)[O-])c1. The van der Waals surface area contributed by atoms with Crippen LogP contribution in [0.2, 0.25) is 0 Å². The summed E-state index contributed by atoms with van der Waals surface area (Å²) < 4.78 is 5.54. The van der Waals surface area contributed by atoms with E-state index in [1.807, 2.05) is 0 Å². The van der Waals surface area contributed by atoms with Gasteiger partial charge in [0.25, 0.3) is 5.69 Å². The maximum Gasteiger partial charge on any atom is 0.338 e. The predicted octanol–water partition coefficient (Wildman–Crippen LogP) is 1.85. The molecule has 0 spiro atoms. The van der Waals surface area contributed by atoms with Crippen molar-refractivity contribution in [2.45, 2.75) is 18.9 Å². The molecule has 3 aliphatic heterocycles. The van der Waals surface area contributed by atoms with Crippen LogP contribution >= 0.6 is 0 Å². The molecule has 0 aromatic heterocycles. The molecule has 1 atom stereocenters. The van der Waals surface area contributed by atoms with E-state index in [-0.39, 0.29) is 17.4 Å². The van der Waals surface area contributed by atoms with E-state index >= 15 is 0 Å². The minimum Gasteiger partial charge on any atom is -0.457 e. The number of benzene rings is 1. The average Bonchev–Trinajstić information content (AvgIpc) is 2.48. The molecule has 0 N–H and O–H groups in total. The molecule has 6 nitrogen and oxygen atoms in total. The van der Waals surface area contributed by atoms with Gasteiger partial charge >= 0.3 is 5.97 Å². The summed E-state index contributed by atoms with van der Waals surface area (Å²) in [4.78, 5) is 24.6. The van der Waals surface area contributed by atoms with Gasteiger partial charge in [-0.3, -0.25) is 15.0 Å². The number of fused-ring (bicyclic) bond motifs is 3. The molecule has 6 heteroatoms. The van der Waals surface area contributed by atoms with Crippen LogP contribution in [0, 0.1) is 16.0 Å². The third kappa shape index (κ3) is 2.51. The third-order valence-electron chi connectivity index (χ3n) is 4.15. The first-order chi connectivity index (χ1) is 9.63. The zero-order valence-corrected chi connectivity index (χ0v) is 11.0. The minimum absolute atomic E-state index is 0.0794. The second-order valence-electron chi connectivity index (χ2n) is 5.39. The lowest BCUT2D eigenvalue weighted by molar-refractivity contribution is -0.384. The first-order valence-electron chi connectivity index (χ1n) is 6.81. The Morgan fingerprint density at radius 1 is 1.35 bits per heavy atom. The molecule has 3 heterocycles. The number of hydrogen-bond acceptors (Lipinski definition) is 5. The summed E-state index contributed by atoms with van der Waals surface area (Å²) >= 11 is 0. The van der Waals surface area contributed by atoms with Crippen molar-refractivity contribution in [3.05, 3.63) is 39.9 Å². The van der Waals surface area contributed by atoms with Crippen molar-refractivity contribution in [2.24, 2.45) is 5.92 Å². The fraction of sp³-hybridized carbons (Fsp3) is 0.500. The summed E-state index contributed by atoms with van der Waals surface area (Å²) in [6.07, 6.45) is 2.05. The highest BCUT2D eigenvalue weighted by Gasteiger charge is 2.36. The number of carbonyl (C=O) groups excluding carboxylic acids is 1. The Balaban J connectivity index is 1.70. The van der Waals surface area contributed by atoms with Crippen LogP contribution in [0.4, 0.5) is 5.69 Å². The highest BCUT2D eigenvalue weighted by atomic mass is 16.6. The van der Waals surface area contributed by atoms with Crippen molar-refractivity contribution in [1.29, 1.82) is 0 Å². The normalized spacial score (nSPS) is 28.1. The minimum atomic E-state index is -0.509. The van der Waals surface area contributed by atoms with Crippen molar-refractivity contribution >= 4 is 11.7 Å². The fourth-order valence-electron chi connectivity index (χ4n) is 3.00. The molecular formula is C14H16N2O4. The number of nitrogens with zero attached hydrogens (tertiary/aromatic N) is 2. The Labute approximate surface area is 116 Å². The average molecular weight is 276 g/mol. The smallest absolute Gasteiger partial charge is 0.338 e. The van der Waals surface area contributed by atoms with Crippen molar-refractivity contribution in [3.63, 3.8) is 0 Å². The summed E-state index contributed by atoms with van der Waals surface area (Å²) in [7, 11) is 0. The quantitative estimate of drug-likeness (QED) is 0.478. The van der Waals surface area contributed by atoms with Gasteiger partial charge < -0.3 is 4.74 Å². The van der Waals surface area contributed by atoms with E-state index in [2.05, 4.69) is 4.90 Å². The third-order valence-corrected chi connectivity index (χ3v) is 4.15. The topological polar surface area (TPSA) is 72.7 Å². The molecule has 2 bridgehead atoms. The largest absolute Gasteiger partial charge is 0.457 e. The molecule has 0 amide bonds. The van der Waals surface area contributed by atoms with Gasteiger partial charge in [0.2, 0.25) is 0 Å². The number of ether oxygens (including phenoxy) is 1. The highest BCUT2D eigenvalue weighted by Crippen LogP contribution is 2.30. The molecule has 3 saturated heterocycles. The number of hydrogen-bond donors (Lipinski definition) is 0. The lowest BCUT2D eigenvalue weighted by atomic mass is 9.86. The summed E-state index contributed by atoms with van der Waals surface area (Å²) in [6, 6.07) is 5.69. The Morgan fingerprint density at radius 3 is 2.70 bits per heavy atom. The summed E-state index contributed by atoms with van der Waals surface area (Å²) in [6.45, 7) is 2.94. The molecule has 3 fully saturated rings. The van der Waals surface area contributed by atoms with E-state index in [9.17, 15) is 14.9 Å². The number of non-ortho nitro benzene ring substituents is 1. The molecule has 1 aromatic rings. The molecule has 0 saturated carbocycles. The second kappa shape index (κ2) is 5.20. The lowest BCUT2D eigenvalue weighted by Crippen LogP contribution is -2.51. The molecule has 106 valence electrons. The van der Waals surface area contributed by atoms with E-state index < -0.39 is 10.9 Å². The first kappa shape index (κ1) is 13.1. The van der Waals surface area contributed by atoms with Gasteiger partial charge in [-0.2, -0.15) is 0 Å². The van der Waals surface area contributed by atoms with E-state index in [4.69, 9.17) is 4.74 Å². The number of carbonyl (C=O) groups is 1. The molecule has 3 aliphatic rings. The van der Waals surface area contributed by atoms with Crippen LogP contribution < -0.4 is 0 Å². The van der Waals surface area contributed by atoms with E-state index in [0.717, 1.165) is 32.5 Å². The van der Waals surface area contributed by atoms with Gasteiger partial charge in [0.15, 0.2) is 0 Å². The number of nitro benzene ring substituents is 1. The second-order valence-corrected chi connectivity index (χ2v) is 5.39. The van der Waals surface area contributed by atoms with Crippen molar-refractivity contribution < 1.29 is 14.5 Å². The monoisotopic (exact) mass is 276 g/mol. The predicted molar refractivity (Wildman–Crippen MR) is 71.5 cm³/mol.